The average Bonchev–Trinajstić information content (AvgIpc) is 2.02. The second-order valence-corrected chi connectivity index (χ2v) is 3.19. The van der Waals surface area contributed by atoms with Crippen LogP contribution in [0.3, 0.4) is 0 Å². The second-order valence-electron chi connectivity index (χ2n) is 3.19. The van der Waals surface area contributed by atoms with Gasteiger partial charge in [0.2, 0.25) is 0 Å². The Morgan fingerprint density at radius 1 is 1.38 bits per heavy atom. The van der Waals surface area contributed by atoms with Crippen LogP contribution in [0.15, 0.2) is 0 Å². The van der Waals surface area contributed by atoms with Crippen molar-refractivity contribution in [2.75, 3.05) is 13.1 Å². The van der Waals surface area contributed by atoms with E-state index in [1.54, 1.807) is 6.92 Å². The third kappa shape index (κ3) is 7.46. The van der Waals surface area contributed by atoms with Gasteiger partial charge in [0, 0.05) is 12.5 Å². The van der Waals surface area contributed by atoms with E-state index in [4.69, 9.17) is 5.11 Å². The van der Waals surface area contributed by atoms with E-state index in [1.165, 1.54) is 0 Å². The largest absolute Gasteiger partial charge is 0.481 e. The molecule has 0 heterocycles. The molecular formula is C9H17NO3. The lowest BCUT2D eigenvalue weighted by Gasteiger charge is -2.07. The van der Waals surface area contributed by atoms with Crippen molar-refractivity contribution in [3.8, 4) is 0 Å². The van der Waals surface area contributed by atoms with Gasteiger partial charge in [-0.05, 0) is 19.9 Å². The average molecular weight is 187 g/mol. The predicted molar refractivity (Wildman–Crippen MR) is 49.6 cm³/mol. The molecule has 0 aliphatic rings. The maximum Gasteiger partial charge on any atom is 0.304 e. The van der Waals surface area contributed by atoms with Crippen molar-refractivity contribution in [2.45, 2.75) is 26.7 Å². The van der Waals surface area contributed by atoms with Gasteiger partial charge in [0.15, 0.2) is 0 Å². The number of ketones is 1. The van der Waals surface area contributed by atoms with Crippen LogP contribution in [-0.4, -0.2) is 29.9 Å². The molecule has 4 nitrogen and oxygen atoms in total. The van der Waals surface area contributed by atoms with E-state index in [2.05, 4.69) is 5.32 Å². The van der Waals surface area contributed by atoms with E-state index < -0.39 is 5.97 Å². The summed E-state index contributed by atoms with van der Waals surface area (Å²) < 4.78 is 0. The summed E-state index contributed by atoms with van der Waals surface area (Å²) in [6.07, 6.45) is 0.906. The zero-order chi connectivity index (χ0) is 10.3. The van der Waals surface area contributed by atoms with Gasteiger partial charge in [0.1, 0.15) is 5.78 Å². The molecule has 0 aliphatic heterocycles. The van der Waals surface area contributed by atoms with Crippen LogP contribution in [0.2, 0.25) is 0 Å². The molecule has 1 atom stereocenters. The molecule has 0 aliphatic carbocycles. The van der Waals surface area contributed by atoms with Crippen molar-refractivity contribution in [3.05, 3.63) is 0 Å². The number of Topliss-reactive ketones (excluding diaryl/α,β-unsaturated/α-hetero) is 1. The first-order valence-corrected chi connectivity index (χ1v) is 4.47. The van der Waals surface area contributed by atoms with E-state index in [0.717, 1.165) is 6.42 Å². The number of rotatable bonds is 7. The highest BCUT2D eigenvalue weighted by Crippen LogP contribution is 2.00. The topological polar surface area (TPSA) is 66.4 Å². The minimum atomic E-state index is -0.799. The Kier molecular flexibility index (Phi) is 6.14. The number of carboxylic acid groups (broad SMARTS) is 1. The molecule has 0 spiro atoms. The molecule has 2 N–H and O–H groups in total. The number of nitrogens with one attached hydrogen (secondary N) is 1. The van der Waals surface area contributed by atoms with Gasteiger partial charge in [-0.1, -0.05) is 6.92 Å². The second kappa shape index (κ2) is 6.60. The number of hydrogen-bond acceptors (Lipinski definition) is 3. The molecule has 4 heteroatoms. The number of aliphatic carboxylic acids is 1. The summed E-state index contributed by atoms with van der Waals surface area (Å²) in [6, 6.07) is 0. The highest BCUT2D eigenvalue weighted by atomic mass is 16.4. The lowest BCUT2D eigenvalue weighted by molar-refractivity contribution is -0.136. The molecule has 0 fully saturated rings. The van der Waals surface area contributed by atoms with Crippen LogP contribution in [0.1, 0.15) is 26.7 Å². The Bertz CT molecular complexity index is 180. The molecule has 1 unspecified atom stereocenters. The summed E-state index contributed by atoms with van der Waals surface area (Å²) in [7, 11) is 0. The van der Waals surface area contributed by atoms with Gasteiger partial charge < -0.3 is 10.4 Å². The lowest BCUT2D eigenvalue weighted by atomic mass is 10.0. The van der Waals surface area contributed by atoms with Crippen molar-refractivity contribution >= 4 is 11.8 Å². The van der Waals surface area contributed by atoms with Crippen molar-refractivity contribution < 1.29 is 14.7 Å². The molecule has 0 radical (unpaired) electrons. The Morgan fingerprint density at radius 3 is 2.46 bits per heavy atom. The van der Waals surface area contributed by atoms with Crippen LogP contribution >= 0.6 is 0 Å². The predicted octanol–water partition coefficient (Wildman–Crippen LogP) is 0.666. The van der Waals surface area contributed by atoms with Crippen molar-refractivity contribution in [2.24, 2.45) is 5.92 Å². The molecule has 0 aromatic heterocycles. The molecule has 76 valence electrons. The molecule has 0 bridgehead atoms. The molecule has 0 rings (SSSR count). The van der Waals surface area contributed by atoms with Gasteiger partial charge in [0.05, 0.1) is 6.42 Å². The quantitative estimate of drug-likeness (QED) is 0.575. The van der Waals surface area contributed by atoms with Gasteiger partial charge in [-0.25, -0.2) is 0 Å². The summed E-state index contributed by atoms with van der Waals surface area (Å²) in [5, 5.41) is 11.3. The van der Waals surface area contributed by atoms with Crippen LogP contribution in [0.4, 0.5) is 0 Å². The minimum absolute atomic E-state index is 0.0670. The van der Waals surface area contributed by atoms with Gasteiger partial charge in [-0.3, -0.25) is 9.59 Å². The minimum Gasteiger partial charge on any atom is -0.481 e. The first-order chi connectivity index (χ1) is 6.04. The summed E-state index contributed by atoms with van der Waals surface area (Å²) in [5.74, 6) is -0.551. The van der Waals surface area contributed by atoms with Crippen LogP contribution in [0.25, 0.3) is 0 Å². The first kappa shape index (κ1) is 12.1. The molecule has 0 saturated heterocycles. The monoisotopic (exact) mass is 187 g/mol. The van der Waals surface area contributed by atoms with Crippen molar-refractivity contribution in [3.63, 3.8) is 0 Å². The normalized spacial score (nSPS) is 12.5. The van der Waals surface area contributed by atoms with Crippen LogP contribution in [0, 0.1) is 5.92 Å². The van der Waals surface area contributed by atoms with E-state index in [0.29, 0.717) is 13.1 Å². The molecule has 0 aromatic rings. The smallest absolute Gasteiger partial charge is 0.304 e. The first-order valence-electron chi connectivity index (χ1n) is 4.47. The Labute approximate surface area is 78.3 Å². The van der Waals surface area contributed by atoms with Gasteiger partial charge >= 0.3 is 5.97 Å². The zero-order valence-electron chi connectivity index (χ0n) is 8.17. The zero-order valence-corrected chi connectivity index (χ0v) is 8.17. The van der Waals surface area contributed by atoms with Gasteiger partial charge in [-0.15, -0.1) is 0 Å². The van der Waals surface area contributed by atoms with Crippen LogP contribution in [-0.2, 0) is 9.59 Å². The fourth-order valence-electron chi connectivity index (χ4n) is 0.842. The summed E-state index contributed by atoms with van der Waals surface area (Å²) in [4.78, 5) is 20.9. The molecule has 0 aromatic carbocycles. The van der Waals surface area contributed by atoms with Crippen molar-refractivity contribution in [1.82, 2.24) is 5.32 Å². The summed E-state index contributed by atoms with van der Waals surface area (Å²) >= 11 is 0. The summed E-state index contributed by atoms with van der Waals surface area (Å²) in [5.41, 5.74) is 0. The Balaban J connectivity index is 3.26. The van der Waals surface area contributed by atoms with Crippen LogP contribution < -0.4 is 5.32 Å². The Morgan fingerprint density at radius 2 is 2.00 bits per heavy atom. The van der Waals surface area contributed by atoms with Crippen LogP contribution in [0.5, 0.6) is 0 Å². The maximum atomic E-state index is 10.8. The van der Waals surface area contributed by atoms with E-state index in [-0.39, 0.29) is 18.1 Å². The SMILES string of the molecule is CC(=O)C(C)CCNCCC(=O)O. The standard InChI is InChI=1S/C9H17NO3/c1-7(8(2)11)3-5-10-6-4-9(12)13/h7,10H,3-6H2,1-2H3,(H,12,13). The summed E-state index contributed by atoms with van der Waals surface area (Å²) in [6.45, 7) is 4.62. The van der Waals surface area contributed by atoms with Crippen molar-refractivity contribution in [1.29, 1.82) is 0 Å². The highest BCUT2D eigenvalue weighted by molar-refractivity contribution is 5.77. The van der Waals surface area contributed by atoms with E-state index in [9.17, 15) is 9.59 Å². The third-order valence-corrected chi connectivity index (χ3v) is 1.96. The van der Waals surface area contributed by atoms with E-state index >= 15 is 0 Å². The lowest BCUT2D eigenvalue weighted by Crippen LogP contribution is -2.22. The number of hydrogen-bond donors (Lipinski definition) is 2. The Hall–Kier alpha value is -0.900. The molecule has 0 amide bonds. The molecule has 0 saturated carbocycles. The number of carbonyl (C=O) groups is 2. The molecular weight excluding hydrogens is 170 g/mol. The fraction of sp³-hybridized carbons (Fsp3) is 0.778. The maximum absolute atomic E-state index is 10.8. The van der Waals surface area contributed by atoms with Gasteiger partial charge in [-0.2, -0.15) is 0 Å². The van der Waals surface area contributed by atoms with Gasteiger partial charge in [0.25, 0.3) is 0 Å². The fourth-order valence-corrected chi connectivity index (χ4v) is 0.842. The number of carbonyl (C=O) groups excluding carboxylic acids is 1. The highest BCUT2D eigenvalue weighted by Gasteiger charge is 2.06. The molecule has 13 heavy (non-hydrogen) atoms. The third-order valence-electron chi connectivity index (χ3n) is 1.96. The number of carboxylic acids is 1. The van der Waals surface area contributed by atoms with E-state index in [1.807, 2.05) is 6.92 Å².